The lowest BCUT2D eigenvalue weighted by molar-refractivity contribution is 0.414. The number of hydrogen-bond donors (Lipinski definition) is 2. The first-order valence-electron chi connectivity index (χ1n) is 5.58. The average Bonchev–Trinajstić information content (AvgIpc) is 2.44. The molecule has 0 saturated heterocycles. The van der Waals surface area contributed by atoms with E-state index in [0.717, 1.165) is 0 Å². The molecule has 0 amide bonds. The van der Waals surface area contributed by atoms with Crippen molar-refractivity contribution < 1.29 is 18.3 Å². The summed E-state index contributed by atoms with van der Waals surface area (Å²) < 4.78 is 32.1. The van der Waals surface area contributed by atoms with E-state index < -0.39 is 10.0 Å². The average molecular weight is 358 g/mol. The number of hydrogen-bond acceptors (Lipinski definition) is 4. The Kier molecular flexibility index (Phi) is 4.20. The molecule has 0 fully saturated rings. The summed E-state index contributed by atoms with van der Waals surface area (Å²) in [6.07, 6.45) is 0. The molecule has 0 aromatic heterocycles. The number of methoxy groups -OCH3 is 1. The van der Waals surface area contributed by atoms with Gasteiger partial charge in [0.2, 0.25) is 0 Å². The van der Waals surface area contributed by atoms with Crippen LogP contribution >= 0.6 is 15.9 Å². The van der Waals surface area contributed by atoms with Gasteiger partial charge in [-0.3, -0.25) is 4.72 Å². The van der Waals surface area contributed by atoms with E-state index >= 15 is 0 Å². The Morgan fingerprint density at radius 1 is 1.15 bits per heavy atom. The molecule has 0 spiro atoms. The van der Waals surface area contributed by atoms with E-state index in [9.17, 15) is 13.5 Å². The van der Waals surface area contributed by atoms with Gasteiger partial charge in [-0.1, -0.05) is 6.07 Å². The number of phenolic OH excluding ortho intramolecular Hbond substituents is 1. The molecule has 0 aliphatic heterocycles. The van der Waals surface area contributed by atoms with Crippen molar-refractivity contribution in [3.8, 4) is 11.5 Å². The Balaban J connectivity index is 2.33. The topological polar surface area (TPSA) is 75.6 Å². The highest BCUT2D eigenvalue weighted by atomic mass is 79.9. The highest BCUT2D eigenvalue weighted by molar-refractivity contribution is 9.10. The SMILES string of the molecule is COc1ccc(S(=O)(=O)Nc2cccc(Br)c2O)cc1. The third-order valence-corrected chi connectivity index (χ3v) is 4.62. The van der Waals surface area contributed by atoms with E-state index in [4.69, 9.17) is 4.74 Å². The number of anilines is 1. The predicted molar refractivity (Wildman–Crippen MR) is 79.6 cm³/mol. The summed E-state index contributed by atoms with van der Waals surface area (Å²) in [6.45, 7) is 0. The van der Waals surface area contributed by atoms with Gasteiger partial charge in [-0.25, -0.2) is 8.42 Å². The second kappa shape index (κ2) is 5.72. The number of phenols is 1. The summed E-state index contributed by atoms with van der Waals surface area (Å²) in [5.41, 5.74) is 0.107. The van der Waals surface area contributed by atoms with Crippen LogP contribution in [0.15, 0.2) is 51.8 Å². The lowest BCUT2D eigenvalue weighted by Gasteiger charge is -2.10. The van der Waals surface area contributed by atoms with Crippen LogP contribution in [0.25, 0.3) is 0 Å². The number of ether oxygens (including phenoxy) is 1. The van der Waals surface area contributed by atoms with Crippen molar-refractivity contribution in [3.05, 3.63) is 46.9 Å². The molecule has 0 unspecified atom stereocenters. The van der Waals surface area contributed by atoms with Crippen molar-refractivity contribution in [2.45, 2.75) is 4.90 Å². The Hall–Kier alpha value is -1.73. The summed E-state index contributed by atoms with van der Waals surface area (Å²) in [6, 6.07) is 10.7. The monoisotopic (exact) mass is 357 g/mol. The van der Waals surface area contributed by atoms with Gasteiger partial charge in [-0.2, -0.15) is 0 Å². The number of nitrogens with one attached hydrogen (secondary N) is 1. The molecule has 20 heavy (non-hydrogen) atoms. The zero-order chi connectivity index (χ0) is 14.8. The molecule has 2 rings (SSSR count). The molecular weight excluding hydrogens is 346 g/mol. The second-order valence-electron chi connectivity index (χ2n) is 3.92. The van der Waals surface area contributed by atoms with Gasteiger partial charge in [0.05, 0.1) is 22.2 Å². The van der Waals surface area contributed by atoms with Crippen LogP contribution in [0.4, 0.5) is 5.69 Å². The van der Waals surface area contributed by atoms with Crippen molar-refractivity contribution in [1.82, 2.24) is 0 Å². The quantitative estimate of drug-likeness (QED) is 0.824. The highest BCUT2D eigenvalue weighted by Gasteiger charge is 2.16. The number of para-hydroxylation sites is 1. The van der Waals surface area contributed by atoms with Gasteiger partial charge in [0, 0.05) is 0 Å². The lowest BCUT2D eigenvalue weighted by atomic mass is 10.3. The van der Waals surface area contributed by atoms with Gasteiger partial charge >= 0.3 is 0 Å². The molecule has 0 radical (unpaired) electrons. The van der Waals surface area contributed by atoms with Crippen LogP contribution in [-0.4, -0.2) is 20.6 Å². The van der Waals surface area contributed by atoms with Gasteiger partial charge in [-0.05, 0) is 52.3 Å². The molecule has 7 heteroatoms. The van der Waals surface area contributed by atoms with Gasteiger partial charge in [0.1, 0.15) is 5.75 Å². The maximum atomic E-state index is 12.2. The standard InChI is InChI=1S/C13H12BrNO4S/c1-19-9-5-7-10(8-6-9)20(17,18)15-12-4-2-3-11(14)13(12)16/h2-8,15-16H,1H3. The number of benzene rings is 2. The van der Waals surface area contributed by atoms with Crippen molar-refractivity contribution in [1.29, 1.82) is 0 Å². The van der Waals surface area contributed by atoms with Gasteiger partial charge in [0.25, 0.3) is 10.0 Å². The first-order valence-corrected chi connectivity index (χ1v) is 7.86. The molecule has 2 N–H and O–H groups in total. The van der Waals surface area contributed by atoms with Crippen LogP contribution in [0.2, 0.25) is 0 Å². The molecule has 106 valence electrons. The molecule has 2 aromatic rings. The van der Waals surface area contributed by atoms with E-state index in [2.05, 4.69) is 20.7 Å². The van der Waals surface area contributed by atoms with Crippen LogP contribution in [0.3, 0.4) is 0 Å². The van der Waals surface area contributed by atoms with Gasteiger partial charge in [-0.15, -0.1) is 0 Å². The van der Waals surface area contributed by atoms with Crippen LogP contribution < -0.4 is 9.46 Å². The largest absolute Gasteiger partial charge is 0.505 e. The van der Waals surface area contributed by atoms with Crippen molar-refractivity contribution in [2.24, 2.45) is 0 Å². The Labute approximate surface area is 125 Å². The summed E-state index contributed by atoms with van der Waals surface area (Å²) in [7, 11) is -2.26. The molecule has 5 nitrogen and oxygen atoms in total. The van der Waals surface area contributed by atoms with Crippen molar-refractivity contribution in [2.75, 3.05) is 11.8 Å². The first-order chi connectivity index (χ1) is 9.44. The number of sulfonamides is 1. The zero-order valence-corrected chi connectivity index (χ0v) is 12.9. The van der Waals surface area contributed by atoms with Gasteiger partial charge in [0.15, 0.2) is 5.75 Å². The van der Waals surface area contributed by atoms with Crippen LogP contribution in [0.5, 0.6) is 11.5 Å². The van der Waals surface area contributed by atoms with Crippen LogP contribution in [0, 0.1) is 0 Å². The van der Waals surface area contributed by atoms with Crippen molar-refractivity contribution >= 4 is 31.6 Å². The molecule has 0 aliphatic rings. The number of aromatic hydroxyl groups is 1. The third kappa shape index (κ3) is 3.05. The second-order valence-corrected chi connectivity index (χ2v) is 6.45. The summed E-state index contributed by atoms with van der Waals surface area (Å²) in [5, 5.41) is 9.80. The lowest BCUT2D eigenvalue weighted by Crippen LogP contribution is -2.13. The minimum atomic E-state index is -3.76. The normalized spacial score (nSPS) is 11.1. The molecular formula is C13H12BrNO4S. The van der Waals surface area contributed by atoms with E-state index in [-0.39, 0.29) is 16.3 Å². The fraction of sp³-hybridized carbons (Fsp3) is 0.0769. The molecule has 0 bridgehead atoms. The minimum Gasteiger partial charge on any atom is -0.505 e. The summed E-state index contributed by atoms with van der Waals surface area (Å²) in [5.74, 6) is 0.402. The Morgan fingerprint density at radius 2 is 1.80 bits per heavy atom. The van der Waals surface area contributed by atoms with Crippen molar-refractivity contribution in [3.63, 3.8) is 0 Å². The predicted octanol–water partition coefficient (Wildman–Crippen LogP) is 2.96. The maximum Gasteiger partial charge on any atom is 0.262 e. The van der Waals surface area contributed by atoms with E-state index in [1.165, 1.54) is 25.3 Å². The minimum absolute atomic E-state index is 0.0812. The molecule has 0 saturated carbocycles. The van der Waals surface area contributed by atoms with E-state index in [1.807, 2.05) is 0 Å². The Bertz CT molecular complexity index is 714. The smallest absolute Gasteiger partial charge is 0.262 e. The highest BCUT2D eigenvalue weighted by Crippen LogP contribution is 2.33. The molecule has 0 aliphatic carbocycles. The zero-order valence-electron chi connectivity index (χ0n) is 10.5. The maximum absolute atomic E-state index is 12.2. The van der Waals surface area contributed by atoms with Gasteiger partial charge < -0.3 is 9.84 Å². The summed E-state index contributed by atoms with van der Waals surface area (Å²) in [4.78, 5) is 0.0812. The molecule has 0 heterocycles. The van der Waals surface area contributed by atoms with E-state index in [1.54, 1.807) is 24.3 Å². The van der Waals surface area contributed by atoms with Crippen LogP contribution in [-0.2, 0) is 10.0 Å². The molecule has 0 atom stereocenters. The Morgan fingerprint density at radius 3 is 2.40 bits per heavy atom. The fourth-order valence-corrected chi connectivity index (χ4v) is 2.99. The fourth-order valence-electron chi connectivity index (χ4n) is 1.56. The molecule has 2 aromatic carbocycles. The number of rotatable bonds is 4. The van der Waals surface area contributed by atoms with E-state index in [0.29, 0.717) is 10.2 Å². The number of halogens is 1. The van der Waals surface area contributed by atoms with Crippen LogP contribution in [0.1, 0.15) is 0 Å². The summed E-state index contributed by atoms with van der Waals surface area (Å²) >= 11 is 3.13. The third-order valence-electron chi connectivity index (χ3n) is 2.60. The first kappa shape index (κ1) is 14.7.